The third kappa shape index (κ3) is 1.80. The van der Waals surface area contributed by atoms with Gasteiger partial charge < -0.3 is 4.90 Å². The van der Waals surface area contributed by atoms with Crippen molar-refractivity contribution in [3.8, 4) is 0 Å². The third-order valence-electron chi connectivity index (χ3n) is 4.31. The summed E-state index contributed by atoms with van der Waals surface area (Å²) in [7, 11) is 1.61. The number of nitrogens with zero attached hydrogens (tertiary/aromatic N) is 2. The number of benzene rings is 1. The summed E-state index contributed by atoms with van der Waals surface area (Å²) in [5.41, 5.74) is 1.42. The molecule has 2 aliphatic rings. The SMILES string of the molecule is C[C@@H]1CCc2c(F)cccc2[C@@H]1N1C(=O)CN(C)C1=O. The van der Waals surface area contributed by atoms with Gasteiger partial charge in [0.05, 0.1) is 6.04 Å². The number of amides is 3. The van der Waals surface area contributed by atoms with Crippen molar-refractivity contribution >= 4 is 11.9 Å². The van der Waals surface area contributed by atoms with Crippen molar-refractivity contribution in [1.29, 1.82) is 0 Å². The molecule has 3 rings (SSSR count). The maximum atomic E-state index is 13.9. The molecule has 5 heteroatoms. The molecule has 0 saturated carbocycles. The lowest BCUT2D eigenvalue weighted by Crippen LogP contribution is -2.40. The summed E-state index contributed by atoms with van der Waals surface area (Å²) in [6, 6.07) is 4.28. The first kappa shape index (κ1) is 13.1. The van der Waals surface area contributed by atoms with E-state index in [0.29, 0.717) is 12.0 Å². The Morgan fingerprint density at radius 1 is 1.30 bits per heavy atom. The predicted molar refractivity (Wildman–Crippen MR) is 71.5 cm³/mol. The Kier molecular flexibility index (Phi) is 3.00. The van der Waals surface area contributed by atoms with E-state index in [4.69, 9.17) is 0 Å². The van der Waals surface area contributed by atoms with Gasteiger partial charge in [-0.3, -0.25) is 9.69 Å². The van der Waals surface area contributed by atoms with Crippen LogP contribution in [0, 0.1) is 11.7 Å². The summed E-state index contributed by atoms with van der Waals surface area (Å²) in [5.74, 6) is -0.304. The Labute approximate surface area is 117 Å². The van der Waals surface area contributed by atoms with E-state index in [-0.39, 0.29) is 36.3 Å². The van der Waals surface area contributed by atoms with Crippen LogP contribution < -0.4 is 0 Å². The molecule has 1 aliphatic carbocycles. The zero-order valence-corrected chi connectivity index (χ0v) is 11.6. The molecule has 3 amide bonds. The highest BCUT2D eigenvalue weighted by atomic mass is 19.1. The van der Waals surface area contributed by atoms with E-state index in [9.17, 15) is 14.0 Å². The smallest absolute Gasteiger partial charge is 0.318 e. The molecule has 0 N–H and O–H groups in total. The summed E-state index contributed by atoms with van der Waals surface area (Å²) in [6.07, 6.45) is 1.44. The highest BCUT2D eigenvalue weighted by Crippen LogP contribution is 2.40. The minimum absolute atomic E-state index is 0.104. The maximum absolute atomic E-state index is 13.9. The molecule has 1 fully saturated rings. The van der Waals surface area contributed by atoms with Gasteiger partial charge in [-0.2, -0.15) is 0 Å². The van der Waals surface area contributed by atoms with Gasteiger partial charge in [-0.25, -0.2) is 9.18 Å². The Morgan fingerprint density at radius 2 is 2.05 bits per heavy atom. The van der Waals surface area contributed by atoms with Gasteiger partial charge >= 0.3 is 6.03 Å². The van der Waals surface area contributed by atoms with Gasteiger partial charge in [0.15, 0.2) is 0 Å². The first-order valence-electron chi connectivity index (χ1n) is 6.85. The average molecular weight is 276 g/mol. The molecule has 1 aromatic carbocycles. The average Bonchev–Trinajstić information content (AvgIpc) is 2.65. The lowest BCUT2D eigenvalue weighted by molar-refractivity contribution is -0.127. The zero-order chi connectivity index (χ0) is 14.4. The molecular weight excluding hydrogens is 259 g/mol. The Morgan fingerprint density at radius 3 is 2.70 bits per heavy atom. The van der Waals surface area contributed by atoms with E-state index < -0.39 is 0 Å². The fourth-order valence-corrected chi connectivity index (χ4v) is 3.26. The van der Waals surface area contributed by atoms with E-state index in [1.165, 1.54) is 15.9 Å². The van der Waals surface area contributed by atoms with Crippen LogP contribution in [0.3, 0.4) is 0 Å². The van der Waals surface area contributed by atoms with Crippen LogP contribution in [0.2, 0.25) is 0 Å². The van der Waals surface area contributed by atoms with Crippen LogP contribution in [0.15, 0.2) is 18.2 Å². The molecule has 1 heterocycles. The van der Waals surface area contributed by atoms with Crippen molar-refractivity contribution in [2.24, 2.45) is 5.92 Å². The molecule has 0 aromatic heterocycles. The molecule has 106 valence electrons. The van der Waals surface area contributed by atoms with Crippen molar-refractivity contribution in [3.05, 3.63) is 35.1 Å². The normalized spacial score (nSPS) is 26.1. The second kappa shape index (κ2) is 4.58. The topological polar surface area (TPSA) is 40.6 Å². The second-order valence-electron chi connectivity index (χ2n) is 5.67. The number of carbonyl (C=O) groups excluding carboxylic acids is 2. The molecular formula is C15H17FN2O2. The number of hydrogen-bond acceptors (Lipinski definition) is 2. The van der Waals surface area contributed by atoms with E-state index in [1.54, 1.807) is 13.1 Å². The van der Waals surface area contributed by atoms with Crippen LogP contribution in [0.4, 0.5) is 9.18 Å². The molecule has 0 spiro atoms. The minimum Gasteiger partial charge on any atom is -0.318 e. The molecule has 1 aliphatic heterocycles. The molecule has 20 heavy (non-hydrogen) atoms. The fourth-order valence-electron chi connectivity index (χ4n) is 3.26. The van der Waals surface area contributed by atoms with Gasteiger partial charge in [0, 0.05) is 7.05 Å². The van der Waals surface area contributed by atoms with Crippen LogP contribution in [-0.2, 0) is 11.2 Å². The van der Waals surface area contributed by atoms with Gasteiger partial charge in [-0.05, 0) is 36.0 Å². The Hall–Kier alpha value is -1.91. The van der Waals surface area contributed by atoms with Gasteiger partial charge in [0.25, 0.3) is 5.91 Å². The van der Waals surface area contributed by atoms with Gasteiger partial charge in [-0.15, -0.1) is 0 Å². The lowest BCUT2D eigenvalue weighted by Gasteiger charge is -2.36. The summed E-state index contributed by atoms with van der Waals surface area (Å²) in [6.45, 7) is 2.12. The van der Waals surface area contributed by atoms with Crippen LogP contribution in [0.5, 0.6) is 0 Å². The number of likely N-dealkylation sites (N-methyl/N-ethyl adjacent to an activating group) is 1. The molecule has 0 unspecified atom stereocenters. The van der Waals surface area contributed by atoms with Crippen molar-refractivity contribution < 1.29 is 14.0 Å². The van der Waals surface area contributed by atoms with Crippen LogP contribution in [-0.4, -0.2) is 35.3 Å². The molecule has 0 bridgehead atoms. The first-order chi connectivity index (χ1) is 9.50. The van der Waals surface area contributed by atoms with Crippen molar-refractivity contribution in [1.82, 2.24) is 9.80 Å². The number of urea groups is 1. The van der Waals surface area contributed by atoms with E-state index >= 15 is 0 Å². The van der Waals surface area contributed by atoms with Crippen molar-refractivity contribution in [3.63, 3.8) is 0 Å². The quantitative estimate of drug-likeness (QED) is 0.739. The molecule has 1 aromatic rings. The summed E-state index contributed by atoms with van der Waals surface area (Å²) < 4.78 is 13.9. The monoisotopic (exact) mass is 276 g/mol. The number of rotatable bonds is 1. The van der Waals surface area contributed by atoms with Crippen molar-refractivity contribution in [2.75, 3.05) is 13.6 Å². The van der Waals surface area contributed by atoms with Gasteiger partial charge in [0.1, 0.15) is 12.4 Å². The largest absolute Gasteiger partial charge is 0.327 e. The zero-order valence-electron chi connectivity index (χ0n) is 11.6. The van der Waals surface area contributed by atoms with E-state index in [1.807, 2.05) is 13.0 Å². The summed E-state index contributed by atoms with van der Waals surface area (Å²) in [4.78, 5) is 27.0. The second-order valence-corrected chi connectivity index (χ2v) is 5.67. The predicted octanol–water partition coefficient (Wildman–Crippen LogP) is 2.34. The standard InChI is InChI=1S/C15H17FN2O2/c1-9-6-7-10-11(4-3-5-12(10)16)14(9)18-13(19)8-17(2)15(18)20/h3-5,9,14H,6-8H2,1-2H3/t9-,14-/m1/s1. The summed E-state index contributed by atoms with van der Waals surface area (Å²) in [5, 5.41) is 0. The summed E-state index contributed by atoms with van der Waals surface area (Å²) >= 11 is 0. The lowest BCUT2D eigenvalue weighted by atomic mass is 9.79. The number of halogens is 1. The van der Waals surface area contributed by atoms with Crippen LogP contribution >= 0.6 is 0 Å². The first-order valence-corrected chi connectivity index (χ1v) is 6.85. The van der Waals surface area contributed by atoms with Crippen LogP contribution in [0.1, 0.15) is 30.5 Å². The Bertz CT molecular complexity index is 587. The number of imide groups is 1. The third-order valence-corrected chi connectivity index (χ3v) is 4.31. The van der Waals surface area contributed by atoms with Crippen molar-refractivity contribution in [2.45, 2.75) is 25.8 Å². The number of fused-ring (bicyclic) bond motifs is 1. The van der Waals surface area contributed by atoms with E-state index in [2.05, 4.69) is 0 Å². The highest BCUT2D eigenvalue weighted by Gasteiger charge is 2.43. The molecule has 4 nitrogen and oxygen atoms in total. The van der Waals surface area contributed by atoms with E-state index in [0.717, 1.165) is 12.0 Å². The van der Waals surface area contributed by atoms with Gasteiger partial charge in [0.2, 0.25) is 0 Å². The minimum atomic E-state index is -0.348. The molecule has 0 radical (unpaired) electrons. The van der Waals surface area contributed by atoms with Gasteiger partial charge in [-0.1, -0.05) is 19.1 Å². The van der Waals surface area contributed by atoms with Crippen LogP contribution in [0.25, 0.3) is 0 Å². The fraction of sp³-hybridized carbons (Fsp3) is 0.467. The number of hydrogen-bond donors (Lipinski definition) is 0. The molecule has 2 atom stereocenters. The maximum Gasteiger partial charge on any atom is 0.327 e. The number of carbonyl (C=O) groups is 2. The highest BCUT2D eigenvalue weighted by molar-refractivity contribution is 6.02. The molecule has 1 saturated heterocycles. The Balaban J connectivity index is 2.08.